The number of benzene rings is 2. The molecule has 0 spiro atoms. The van der Waals surface area contributed by atoms with Crippen molar-refractivity contribution in [2.45, 2.75) is 19.3 Å². The minimum absolute atomic E-state index is 0.115. The molecular formula is C18H18O3. The number of carbonyl (C=O) groups excluding carboxylic acids is 2. The monoisotopic (exact) mass is 282 g/mol. The van der Waals surface area contributed by atoms with Gasteiger partial charge in [-0.3, -0.25) is 4.79 Å². The number of rotatable bonds is 5. The van der Waals surface area contributed by atoms with Crippen molar-refractivity contribution in [2.75, 3.05) is 7.11 Å². The fraction of sp³-hybridized carbons (Fsp3) is 0.222. The van der Waals surface area contributed by atoms with E-state index >= 15 is 0 Å². The molecule has 2 rings (SSSR count). The fourth-order valence-electron chi connectivity index (χ4n) is 2.32. The molecule has 108 valence electrons. The van der Waals surface area contributed by atoms with Crippen LogP contribution in [0.15, 0.2) is 54.6 Å². The SMILES string of the molecule is COC(=O)c1ccc(C(Cc2ccccc2)C(C)=O)cc1. The molecule has 21 heavy (non-hydrogen) atoms. The van der Waals surface area contributed by atoms with Gasteiger partial charge in [0.2, 0.25) is 0 Å². The molecule has 1 atom stereocenters. The Morgan fingerprint density at radius 1 is 1.00 bits per heavy atom. The molecule has 0 amide bonds. The Morgan fingerprint density at radius 3 is 2.14 bits per heavy atom. The van der Waals surface area contributed by atoms with Crippen molar-refractivity contribution in [3.63, 3.8) is 0 Å². The summed E-state index contributed by atoms with van der Waals surface area (Å²) in [5, 5.41) is 0. The van der Waals surface area contributed by atoms with Crippen LogP contribution in [0.2, 0.25) is 0 Å². The van der Waals surface area contributed by atoms with Crippen LogP contribution >= 0.6 is 0 Å². The summed E-state index contributed by atoms with van der Waals surface area (Å²) < 4.78 is 4.67. The summed E-state index contributed by atoms with van der Waals surface area (Å²) in [5.74, 6) is -0.451. The lowest BCUT2D eigenvalue weighted by atomic mass is 9.88. The summed E-state index contributed by atoms with van der Waals surface area (Å²) in [6.07, 6.45) is 0.660. The van der Waals surface area contributed by atoms with Gasteiger partial charge in [0.05, 0.1) is 12.7 Å². The Morgan fingerprint density at radius 2 is 1.62 bits per heavy atom. The zero-order valence-corrected chi connectivity index (χ0v) is 12.2. The fourth-order valence-corrected chi connectivity index (χ4v) is 2.32. The molecule has 1 unspecified atom stereocenters. The summed E-state index contributed by atoms with van der Waals surface area (Å²) >= 11 is 0. The standard InChI is InChI=1S/C18H18O3/c1-13(19)17(12-14-6-4-3-5-7-14)15-8-10-16(11-9-15)18(20)21-2/h3-11,17H,12H2,1-2H3. The second-order valence-electron chi connectivity index (χ2n) is 4.97. The largest absolute Gasteiger partial charge is 0.465 e. The molecule has 0 aliphatic carbocycles. The van der Waals surface area contributed by atoms with Crippen molar-refractivity contribution in [1.29, 1.82) is 0 Å². The van der Waals surface area contributed by atoms with Crippen LogP contribution in [-0.4, -0.2) is 18.9 Å². The molecule has 0 aliphatic heterocycles. The molecule has 2 aromatic carbocycles. The van der Waals surface area contributed by atoms with E-state index in [-0.39, 0.29) is 17.7 Å². The Labute approximate surface area is 124 Å². The third-order valence-electron chi connectivity index (χ3n) is 3.51. The van der Waals surface area contributed by atoms with Gasteiger partial charge in [-0.1, -0.05) is 42.5 Å². The third kappa shape index (κ3) is 3.78. The topological polar surface area (TPSA) is 43.4 Å². The van der Waals surface area contributed by atoms with E-state index in [1.807, 2.05) is 42.5 Å². The second-order valence-corrected chi connectivity index (χ2v) is 4.97. The van der Waals surface area contributed by atoms with Crippen molar-refractivity contribution >= 4 is 11.8 Å². The van der Waals surface area contributed by atoms with E-state index < -0.39 is 0 Å². The highest BCUT2D eigenvalue weighted by atomic mass is 16.5. The van der Waals surface area contributed by atoms with E-state index in [1.54, 1.807) is 19.1 Å². The smallest absolute Gasteiger partial charge is 0.337 e. The van der Waals surface area contributed by atoms with Crippen LogP contribution in [0.25, 0.3) is 0 Å². The van der Waals surface area contributed by atoms with Gasteiger partial charge in [0.1, 0.15) is 5.78 Å². The van der Waals surface area contributed by atoms with Crippen molar-refractivity contribution in [2.24, 2.45) is 0 Å². The van der Waals surface area contributed by atoms with Crippen LogP contribution < -0.4 is 0 Å². The van der Waals surface area contributed by atoms with Gasteiger partial charge in [0.25, 0.3) is 0 Å². The quantitative estimate of drug-likeness (QED) is 0.789. The van der Waals surface area contributed by atoms with Gasteiger partial charge >= 0.3 is 5.97 Å². The first-order chi connectivity index (χ1) is 10.1. The Hall–Kier alpha value is -2.42. The van der Waals surface area contributed by atoms with E-state index in [1.165, 1.54) is 7.11 Å². The third-order valence-corrected chi connectivity index (χ3v) is 3.51. The Balaban J connectivity index is 2.22. The highest BCUT2D eigenvalue weighted by Crippen LogP contribution is 2.22. The summed E-state index contributed by atoms with van der Waals surface area (Å²) in [7, 11) is 1.35. The summed E-state index contributed by atoms with van der Waals surface area (Å²) in [6, 6.07) is 16.9. The van der Waals surface area contributed by atoms with Crippen LogP contribution in [0.3, 0.4) is 0 Å². The molecule has 0 saturated heterocycles. The molecule has 0 bridgehead atoms. The molecular weight excluding hydrogens is 264 g/mol. The first-order valence-corrected chi connectivity index (χ1v) is 6.84. The van der Waals surface area contributed by atoms with Crippen molar-refractivity contribution in [1.82, 2.24) is 0 Å². The van der Waals surface area contributed by atoms with Crippen LogP contribution in [-0.2, 0) is 16.0 Å². The number of Topliss-reactive ketones (excluding diaryl/α,β-unsaturated/α-hetero) is 1. The highest BCUT2D eigenvalue weighted by Gasteiger charge is 2.18. The van der Waals surface area contributed by atoms with Gasteiger partial charge in [-0.25, -0.2) is 4.79 Å². The van der Waals surface area contributed by atoms with Gasteiger partial charge in [-0.05, 0) is 36.6 Å². The molecule has 0 saturated carbocycles. The molecule has 3 nitrogen and oxygen atoms in total. The molecule has 0 N–H and O–H groups in total. The van der Waals surface area contributed by atoms with Crippen molar-refractivity contribution in [3.05, 3.63) is 71.3 Å². The maximum Gasteiger partial charge on any atom is 0.337 e. The molecule has 0 radical (unpaired) electrons. The maximum absolute atomic E-state index is 11.9. The van der Waals surface area contributed by atoms with Crippen LogP contribution in [0.4, 0.5) is 0 Å². The molecule has 0 fully saturated rings. The average Bonchev–Trinajstić information content (AvgIpc) is 2.53. The predicted molar refractivity (Wildman–Crippen MR) is 81.3 cm³/mol. The van der Waals surface area contributed by atoms with Crippen molar-refractivity contribution in [3.8, 4) is 0 Å². The first-order valence-electron chi connectivity index (χ1n) is 6.84. The Kier molecular flexibility index (Phi) is 4.88. The normalized spacial score (nSPS) is 11.7. The molecule has 2 aromatic rings. The molecule has 0 heterocycles. The lowest BCUT2D eigenvalue weighted by molar-refractivity contribution is -0.118. The van der Waals surface area contributed by atoms with Gasteiger partial charge in [-0.2, -0.15) is 0 Å². The maximum atomic E-state index is 11.9. The van der Waals surface area contributed by atoms with Gasteiger partial charge in [-0.15, -0.1) is 0 Å². The van der Waals surface area contributed by atoms with E-state index in [9.17, 15) is 9.59 Å². The van der Waals surface area contributed by atoms with E-state index in [2.05, 4.69) is 4.74 Å². The van der Waals surface area contributed by atoms with E-state index in [4.69, 9.17) is 0 Å². The van der Waals surface area contributed by atoms with Gasteiger partial charge in [0, 0.05) is 5.92 Å². The zero-order chi connectivity index (χ0) is 15.2. The van der Waals surface area contributed by atoms with Crippen LogP contribution in [0.1, 0.15) is 34.3 Å². The lowest BCUT2D eigenvalue weighted by Gasteiger charge is -2.15. The number of hydrogen-bond donors (Lipinski definition) is 0. The average molecular weight is 282 g/mol. The number of ketones is 1. The molecule has 0 aromatic heterocycles. The molecule has 3 heteroatoms. The van der Waals surface area contributed by atoms with Gasteiger partial charge in [0.15, 0.2) is 0 Å². The summed E-state index contributed by atoms with van der Waals surface area (Å²) in [5.41, 5.74) is 2.53. The first kappa shape index (κ1) is 15.0. The van der Waals surface area contributed by atoms with Gasteiger partial charge < -0.3 is 4.74 Å². The second kappa shape index (κ2) is 6.84. The van der Waals surface area contributed by atoms with Crippen LogP contribution in [0, 0.1) is 0 Å². The predicted octanol–water partition coefficient (Wildman–Crippen LogP) is 3.39. The number of methoxy groups -OCH3 is 1. The van der Waals surface area contributed by atoms with E-state index in [0.29, 0.717) is 12.0 Å². The summed E-state index contributed by atoms with van der Waals surface area (Å²) in [4.78, 5) is 23.4. The molecule has 0 aliphatic rings. The minimum Gasteiger partial charge on any atom is -0.465 e. The lowest BCUT2D eigenvalue weighted by Crippen LogP contribution is -2.12. The number of carbonyl (C=O) groups is 2. The number of hydrogen-bond acceptors (Lipinski definition) is 3. The zero-order valence-electron chi connectivity index (χ0n) is 12.2. The van der Waals surface area contributed by atoms with E-state index in [0.717, 1.165) is 11.1 Å². The van der Waals surface area contributed by atoms with Crippen LogP contribution in [0.5, 0.6) is 0 Å². The minimum atomic E-state index is -0.371. The summed E-state index contributed by atoms with van der Waals surface area (Å²) in [6.45, 7) is 1.60. The number of esters is 1. The number of ether oxygens (including phenoxy) is 1. The van der Waals surface area contributed by atoms with Crippen molar-refractivity contribution < 1.29 is 14.3 Å². The Bertz CT molecular complexity index is 615. The highest BCUT2D eigenvalue weighted by molar-refractivity contribution is 5.89.